The number of halogens is 1. The van der Waals surface area contributed by atoms with E-state index in [1.54, 1.807) is 6.20 Å². The topological polar surface area (TPSA) is 64.0 Å². The normalized spacial score (nSPS) is 11.6. The molecule has 0 aliphatic heterocycles. The van der Waals surface area contributed by atoms with Gasteiger partial charge in [-0.2, -0.15) is 0 Å². The molecule has 0 unspecified atom stereocenters. The number of aromatic nitrogens is 2. The minimum absolute atomic E-state index is 0.181. The summed E-state index contributed by atoms with van der Waals surface area (Å²) >= 11 is 0. The molecule has 0 saturated carbocycles. The summed E-state index contributed by atoms with van der Waals surface area (Å²) in [5, 5.41) is 0. The maximum Gasteiger partial charge on any atom is 0.216 e. The van der Waals surface area contributed by atoms with E-state index in [-0.39, 0.29) is 18.1 Å². The van der Waals surface area contributed by atoms with Crippen molar-refractivity contribution < 1.29 is 12.8 Å². The second kappa shape index (κ2) is 7.16. The lowest BCUT2D eigenvalue weighted by Crippen LogP contribution is -2.24. The lowest BCUT2D eigenvalue weighted by Gasteiger charge is -2.09. The predicted molar refractivity (Wildman–Crippen MR) is 94.2 cm³/mol. The number of rotatable bonds is 6. The van der Waals surface area contributed by atoms with Gasteiger partial charge in [-0.25, -0.2) is 22.5 Å². The summed E-state index contributed by atoms with van der Waals surface area (Å²) in [6, 6.07) is 13.0. The van der Waals surface area contributed by atoms with Crippen molar-refractivity contribution in [3.63, 3.8) is 0 Å². The third-order valence-electron chi connectivity index (χ3n) is 3.81. The molecule has 0 radical (unpaired) electrons. The van der Waals surface area contributed by atoms with E-state index in [1.807, 2.05) is 42.0 Å². The second-order valence-corrected chi connectivity index (χ2v) is 7.52. The number of hydrogen-bond donors (Lipinski definition) is 1. The molecular weight excluding hydrogens is 341 g/mol. The lowest BCUT2D eigenvalue weighted by atomic mass is 10.2. The zero-order chi connectivity index (χ0) is 17.9. The fraction of sp³-hybridized carbons (Fsp3) is 0.167. The van der Waals surface area contributed by atoms with E-state index >= 15 is 0 Å². The van der Waals surface area contributed by atoms with Gasteiger partial charge in [0.15, 0.2) is 0 Å². The summed E-state index contributed by atoms with van der Waals surface area (Å²) in [6.45, 7) is 2.12. The van der Waals surface area contributed by atoms with Gasteiger partial charge in [-0.1, -0.05) is 24.3 Å². The Labute approximate surface area is 146 Å². The number of imidazole rings is 1. The fourth-order valence-electron chi connectivity index (χ4n) is 2.47. The number of benzene rings is 2. The zero-order valence-electron chi connectivity index (χ0n) is 13.7. The van der Waals surface area contributed by atoms with Crippen LogP contribution in [-0.4, -0.2) is 18.0 Å². The molecule has 1 N–H and O–H groups in total. The number of hydrogen-bond acceptors (Lipinski definition) is 3. The number of sulfonamides is 1. The molecule has 0 bridgehead atoms. The Kier molecular flexibility index (Phi) is 4.96. The van der Waals surface area contributed by atoms with Gasteiger partial charge in [-0.05, 0) is 42.3 Å². The molecule has 0 fully saturated rings. The van der Waals surface area contributed by atoms with Crippen LogP contribution in [0.3, 0.4) is 0 Å². The number of aryl methyl sites for hydroxylation is 1. The minimum atomic E-state index is -3.49. The van der Waals surface area contributed by atoms with E-state index in [9.17, 15) is 12.8 Å². The summed E-state index contributed by atoms with van der Waals surface area (Å²) in [7, 11) is -3.49. The monoisotopic (exact) mass is 359 g/mol. The summed E-state index contributed by atoms with van der Waals surface area (Å²) < 4.78 is 41.7. The third-order valence-corrected chi connectivity index (χ3v) is 5.10. The highest BCUT2D eigenvalue weighted by Crippen LogP contribution is 2.12. The molecule has 0 spiro atoms. The largest absolute Gasteiger partial charge is 0.304 e. The van der Waals surface area contributed by atoms with E-state index in [2.05, 4.69) is 9.71 Å². The van der Waals surface area contributed by atoms with E-state index in [1.165, 1.54) is 24.3 Å². The van der Waals surface area contributed by atoms with Crippen LogP contribution < -0.4 is 4.72 Å². The standard InChI is InChI=1S/C18H18FN3O2S/c1-14-20-10-11-22(14)18-8-4-15(5-9-18)12-21-25(23,24)13-16-2-6-17(19)7-3-16/h2-11,21H,12-13H2,1H3. The van der Waals surface area contributed by atoms with Crippen molar-refractivity contribution in [2.45, 2.75) is 19.2 Å². The summed E-state index contributed by atoms with van der Waals surface area (Å²) in [5.74, 6) is 0.314. The number of nitrogens with zero attached hydrogens (tertiary/aromatic N) is 2. The van der Waals surface area contributed by atoms with Crippen molar-refractivity contribution >= 4 is 10.0 Å². The average molecular weight is 359 g/mol. The van der Waals surface area contributed by atoms with Crippen LogP contribution in [0.4, 0.5) is 4.39 Å². The van der Waals surface area contributed by atoms with E-state index in [0.717, 1.165) is 17.1 Å². The molecule has 5 nitrogen and oxygen atoms in total. The SMILES string of the molecule is Cc1nccn1-c1ccc(CNS(=O)(=O)Cc2ccc(F)cc2)cc1. The van der Waals surface area contributed by atoms with Gasteiger partial charge in [0.1, 0.15) is 11.6 Å². The molecule has 1 heterocycles. The smallest absolute Gasteiger partial charge is 0.216 e. The van der Waals surface area contributed by atoms with Crippen molar-refractivity contribution in [2.75, 3.05) is 0 Å². The fourth-order valence-corrected chi connectivity index (χ4v) is 3.59. The molecule has 0 atom stereocenters. The first-order valence-corrected chi connectivity index (χ1v) is 9.39. The summed E-state index contributed by atoms with van der Waals surface area (Å²) in [4.78, 5) is 4.18. The molecule has 0 aliphatic rings. The molecule has 7 heteroatoms. The van der Waals surface area contributed by atoms with Crippen LogP contribution in [0.15, 0.2) is 60.9 Å². The van der Waals surface area contributed by atoms with Crippen LogP contribution in [0, 0.1) is 12.7 Å². The molecule has 130 valence electrons. The Morgan fingerprint density at radius 3 is 2.28 bits per heavy atom. The Morgan fingerprint density at radius 1 is 1.04 bits per heavy atom. The molecule has 0 saturated heterocycles. The molecular formula is C18H18FN3O2S. The highest BCUT2D eigenvalue weighted by Gasteiger charge is 2.11. The van der Waals surface area contributed by atoms with Crippen molar-refractivity contribution in [3.05, 3.63) is 83.7 Å². The predicted octanol–water partition coefficient (Wildman–Crippen LogP) is 2.94. The van der Waals surface area contributed by atoms with Crippen molar-refractivity contribution in [2.24, 2.45) is 0 Å². The molecule has 0 amide bonds. The second-order valence-electron chi connectivity index (χ2n) is 5.72. The Bertz CT molecular complexity index is 949. The van der Waals surface area contributed by atoms with Gasteiger partial charge in [0, 0.05) is 24.6 Å². The van der Waals surface area contributed by atoms with E-state index < -0.39 is 10.0 Å². The third kappa shape index (κ3) is 4.52. The van der Waals surface area contributed by atoms with Crippen molar-refractivity contribution in [1.29, 1.82) is 0 Å². The van der Waals surface area contributed by atoms with E-state index in [0.29, 0.717) is 5.56 Å². The summed E-state index contributed by atoms with van der Waals surface area (Å²) in [5.41, 5.74) is 2.36. The Balaban J connectivity index is 1.62. The lowest BCUT2D eigenvalue weighted by molar-refractivity contribution is 0.580. The molecule has 3 rings (SSSR count). The molecule has 1 aromatic heterocycles. The first kappa shape index (κ1) is 17.3. The minimum Gasteiger partial charge on any atom is -0.304 e. The Morgan fingerprint density at radius 2 is 1.68 bits per heavy atom. The molecule has 25 heavy (non-hydrogen) atoms. The van der Waals surface area contributed by atoms with Gasteiger partial charge in [-0.3, -0.25) is 0 Å². The van der Waals surface area contributed by atoms with Gasteiger partial charge < -0.3 is 4.57 Å². The first-order valence-electron chi connectivity index (χ1n) is 7.74. The van der Waals surface area contributed by atoms with Crippen molar-refractivity contribution in [3.8, 4) is 5.69 Å². The van der Waals surface area contributed by atoms with Crippen LogP contribution in [0.2, 0.25) is 0 Å². The van der Waals surface area contributed by atoms with Crippen LogP contribution >= 0.6 is 0 Å². The first-order chi connectivity index (χ1) is 11.9. The maximum absolute atomic E-state index is 12.9. The van der Waals surface area contributed by atoms with Gasteiger partial charge in [0.25, 0.3) is 0 Å². The number of nitrogens with one attached hydrogen (secondary N) is 1. The Hall–Kier alpha value is -2.51. The van der Waals surface area contributed by atoms with Gasteiger partial charge in [0.05, 0.1) is 5.75 Å². The molecule has 0 aliphatic carbocycles. The molecule has 2 aromatic carbocycles. The quantitative estimate of drug-likeness (QED) is 0.736. The van der Waals surface area contributed by atoms with Gasteiger partial charge >= 0.3 is 0 Å². The van der Waals surface area contributed by atoms with Gasteiger partial charge in [0.2, 0.25) is 10.0 Å². The van der Waals surface area contributed by atoms with Gasteiger partial charge in [-0.15, -0.1) is 0 Å². The van der Waals surface area contributed by atoms with Crippen LogP contribution in [0.5, 0.6) is 0 Å². The summed E-state index contributed by atoms with van der Waals surface area (Å²) in [6.07, 6.45) is 3.60. The zero-order valence-corrected chi connectivity index (χ0v) is 14.5. The average Bonchev–Trinajstić information content (AvgIpc) is 3.02. The van der Waals surface area contributed by atoms with Crippen LogP contribution in [-0.2, 0) is 22.3 Å². The maximum atomic E-state index is 12.9. The van der Waals surface area contributed by atoms with Crippen LogP contribution in [0.25, 0.3) is 5.69 Å². The molecule has 3 aromatic rings. The van der Waals surface area contributed by atoms with Crippen molar-refractivity contribution in [1.82, 2.24) is 14.3 Å². The highest BCUT2D eigenvalue weighted by molar-refractivity contribution is 7.88. The van der Waals surface area contributed by atoms with E-state index in [4.69, 9.17) is 0 Å². The van der Waals surface area contributed by atoms with Crippen LogP contribution in [0.1, 0.15) is 17.0 Å². The highest BCUT2D eigenvalue weighted by atomic mass is 32.2.